The molecule has 162 valence electrons. The summed E-state index contributed by atoms with van der Waals surface area (Å²) in [5, 5.41) is 14.0. The van der Waals surface area contributed by atoms with Crippen LogP contribution in [0.3, 0.4) is 0 Å². The fraction of sp³-hybridized carbons (Fsp3) is 0.154. The van der Waals surface area contributed by atoms with Crippen molar-refractivity contribution < 1.29 is 14.3 Å². The number of halogens is 1. The van der Waals surface area contributed by atoms with Crippen molar-refractivity contribution in [3.05, 3.63) is 77.8 Å². The van der Waals surface area contributed by atoms with E-state index < -0.39 is 0 Å². The summed E-state index contributed by atoms with van der Waals surface area (Å²) in [6.45, 7) is 2.02. The molecular formula is C26H23ClN2O3. The van der Waals surface area contributed by atoms with E-state index in [1.165, 1.54) is 0 Å². The number of amides is 1. The lowest BCUT2D eigenvalue weighted by Gasteiger charge is -2.05. The number of nitrogens with zero attached hydrogens (tertiary/aromatic N) is 1. The second-order valence-corrected chi connectivity index (χ2v) is 7.83. The van der Waals surface area contributed by atoms with Crippen LogP contribution in [0.2, 0.25) is 5.02 Å². The number of hydrogen-bond donors (Lipinski definition) is 2. The highest BCUT2D eigenvalue weighted by molar-refractivity contribution is 6.33. The Labute approximate surface area is 191 Å². The first-order valence-electron chi connectivity index (χ1n) is 10.5. The van der Waals surface area contributed by atoms with E-state index in [0.717, 1.165) is 24.0 Å². The van der Waals surface area contributed by atoms with Gasteiger partial charge in [0.1, 0.15) is 11.4 Å². The minimum Gasteiger partial charge on any atom is -0.507 e. The molecule has 0 aliphatic heterocycles. The Morgan fingerprint density at radius 3 is 2.47 bits per heavy atom. The third kappa shape index (κ3) is 4.68. The molecule has 0 saturated carbocycles. The monoisotopic (exact) mass is 446 g/mol. The molecule has 0 saturated heterocycles. The number of aromatic hydroxyl groups is 1. The van der Waals surface area contributed by atoms with Gasteiger partial charge < -0.3 is 9.52 Å². The average Bonchev–Trinajstić information content (AvgIpc) is 3.21. The van der Waals surface area contributed by atoms with E-state index in [4.69, 9.17) is 16.0 Å². The van der Waals surface area contributed by atoms with Crippen molar-refractivity contribution in [3.8, 4) is 39.6 Å². The largest absolute Gasteiger partial charge is 0.507 e. The lowest BCUT2D eigenvalue weighted by Crippen LogP contribution is -2.11. The van der Waals surface area contributed by atoms with E-state index in [1.54, 1.807) is 18.2 Å². The van der Waals surface area contributed by atoms with Crippen LogP contribution in [0.1, 0.15) is 26.2 Å². The summed E-state index contributed by atoms with van der Waals surface area (Å²) in [6, 6.07) is 22.3. The fourth-order valence-corrected chi connectivity index (χ4v) is 3.63. The van der Waals surface area contributed by atoms with Crippen LogP contribution in [0.15, 0.2) is 77.2 Å². The van der Waals surface area contributed by atoms with E-state index in [-0.39, 0.29) is 23.4 Å². The Bertz CT molecular complexity index is 1240. The summed E-state index contributed by atoms with van der Waals surface area (Å²) in [5.74, 6) is 0.275. The van der Waals surface area contributed by atoms with Crippen molar-refractivity contribution in [1.82, 2.24) is 4.98 Å². The summed E-state index contributed by atoms with van der Waals surface area (Å²) in [5.41, 5.74) is 3.34. The molecule has 5 nitrogen and oxygen atoms in total. The van der Waals surface area contributed by atoms with Crippen LogP contribution in [0, 0.1) is 0 Å². The van der Waals surface area contributed by atoms with Gasteiger partial charge in [-0.05, 0) is 35.7 Å². The average molecular weight is 447 g/mol. The quantitative estimate of drug-likeness (QED) is 0.315. The predicted octanol–water partition coefficient (Wildman–Crippen LogP) is 7.16. The van der Waals surface area contributed by atoms with E-state index in [2.05, 4.69) is 10.3 Å². The Morgan fingerprint density at radius 2 is 1.75 bits per heavy atom. The zero-order valence-electron chi connectivity index (χ0n) is 17.6. The summed E-state index contributed by atoms with van der Waals surface area (Å²) in [6.07, 6.45) is 2.07. The second kappa shape index (κ2) is 9.71. The third-order valence-corrected chi connectivity index (χ3v) is 5.43. The van der Waals surface area contributed by atoms with Gasteiger partial charge in [-0.1, -0.05) is 79.5 Å². The van der Waals surface area contributed by atoms with E-state index >= 15 is 0 Å². The highest BCUT2D eigenvalue weighted by Gasteiger charge is 2.21. The minimum atomic E-state index is -0.161. The number of benzene rings is 3. The van der Waals surface area contributed by atoms with Gasteiger partial charge in [-0.3, -0.25) is 10.1 Å². The van der Waals surface area contributed by atoms with E-state index in [1.807, 2.05) is 61.5 Å². The number of nitrogens with one attached hydrogen (secondary N) is 1. The van der Waals surface area contributed by atoms with Gasteiger partial charge in [-0.25, -0.2) is 4.98 Å². The number of unbranched alkanes of at least 4 members (excludes halogenated alkanes) is 1. The lowest BCUT2D eigenvalue weighted by molar-refractivity contribution is -0.116. The normalized spacial score (nSPS) is 10.8. The standard InChI is InChI=1S/C26H23ClN2O3/c1-2-3-13-23(31)28-26-24(19-11-7-8-12-21(19)27)29-25(32-26)20-15-14-18(16-22(20)30)17-9-5-4-6-10-17/h4-12,14-16,30H,2-3,13H2,1H3,(H,28,31). The van der Waals surface area contributed by atoms with Crippen molar-refractivity contribution in [2.75, 3.05) is 5.32 Å². The number of aromatic nitrogens is 1. The smallest absolute Gasteiger partial charge is 0.233 e. The molecule has 6 heteroatoms. The maximum absolute atomic E-state index is 12.4. The van der Waals surface area contributed by atoms with Crippen molar-refractivity contribution in [1.29, 1.82) is 0 Å². The molecule has 1 aromatic heterocycles. The molecule has 3 aromatic carbocycles. The van der Waals surface area contributed by atoms with Gasteiger partial charge in [0.25, 0.3) is 0 Å². The van der Waals surface area contributed by atoms with Crippen molar-refractivity contribution in [3.63, 3.8) is 0 Å². The highest BCUT2D eigenvalue weighted by atomic mass is 35.5. The Balaban J connectivity index is 1.74. The molecule has 0 aliphatic carbocycles. The van der Waals surface area contributed by atoms with Gasteiger partial charge in [0.2, 0.25) is 17.7 Å². The molecule has 1 heterocycles. The lowest BCUT2D eigenvalue weighted by atomic mass is 10.0. The minimum absolute atomic E-state index is 0.0298. The van der Waals surface area contributed by atoms with Gasteiger partial charge >= 0.3 is 0 Å². The fourth-order valence-electron chi connectivity index (χ4n) is 3.40. The van der Waals surface area contributed by atoms with Crippen LogP contribution in [0.4, 0.5) is 5.88 Å². The number of phenols is 1. The van der Waals surface area contributed by atoms with Crippen LogP contribution >= 0.6 is 11.6 Å². The van der Waals surface area contributed by atoms with Gasteiger partial charge in [-0.2, -0.15) is 0 Å². The summed E-state index contributed by atoms with van der Waals surface area (Å²) in [4.78, 5) is 17.0. The molecule has 0 radical (unpaired) electrons. The zero-order chi connectivity index (χ0) is 22.5. The number of carbonyl (C=O) groups is 1. The molecular weight excluding hydrogens is 424 g/mol. The molecule has 4 rings (SSSR count). The van der Waals surface area contributed by atoms with Crippen LogP contribution in [-0.4, -0.2) is 16.0 Å². The number of hydrogen-bond acceptors (Lipinski definition) is 4. The van der Waals surface area contributed by atoms with E-state index in [9.17, 15) is 9.90 Å². The number of phenolic OH excluding ortho intramolecular Hbond substituents is 1. The molecule has 4 aromatic rings. The van der Waals surface area contributed by atoms with Crippen molar-refractivity contribution in [2.24, 2.45) is 0 Å². The zero-order valence-corrected chi connectivity index (χ0v) is 18.4. The van der Waals surface area contributed by atoms with Crippen LogP contribution in [0.5, 0.6) is 5.75 Å². The molecule has 1 amide bonds. The van der Waals surface area contributed by atoms with Gasteiger partial charge in [0.15, 0.2) is 0 Å². The number of oxazole rings is 1. The molecule has 2 N–H and O–H groups in total. The first-order valence-corrected chi connectivity index (χ1v) is 10.9. The molecule has 0 aliphatic rings. The molecule has 0 unspecified atom stereocenters. The number of rotatable bonds is 7. The topological polar surface area (TPSA) is 75.4 Å². The Kier molecular flexibility index (Phi) is 6.57. The van der Waals surface area contributed by atoms with Crippen LogP contribution in [0.25, 0.3) is 33.8 Å². The first kappa shape index (κ1) is 21.7. The molecule has 0 fully saturated rings. The molecule has 0 spiro atoms. The van der Waals surface area contributed by atoms with Crippen LogP contribution in [-0.2, 0) is 4.79 Å². The van der Waals surface area contributed by atoms with Gasteiger partial charge in [0.05, 0.1) is 10.6 Å². The summed E-state index contributed by atoms with van der Waals surface area (Å²) < 4.78 is 5.93. The highest BCUT2D eigenvalue weighted by Crippen LogP contribution is 2.39. The maximum Gasteiger partial charge on any atom is 0.233 e. The summed E-state index contributed by atoms with van der Waals surface area (Å²) >= 11 is 6.38. The second-order valence-electron chi connectivity index (χ2n) is 7.43. The van der Waals surface area contributed by atoms with Gasteiger partial charge in [0, 0.05) is 12.0 Å². The number of anilines is 1. The number of carbonyl (C=O) groups excluding carboxylic acids is 1. The Hall–Kier alpha value is -3.57. The molecule has 0 atom stereocenters. The predicted molar refractivity (Wildman–Crippen MR) is 128 cm³/mol. The maximum atomic E-state index is 12.4. The third-order valence-electron chi connectivity index (χ3n) is 5.10. The van der Waals surface area contributed by atoms with Gasteiger partial charge in [-0.15, -0.1) is 0 Å². The SMILES string of the molecule is CCCCC(=O)Nc1oc(-c2ccc(-c3ccccc3)cc2O)nc1-c1ccccc1Cl. The first-order chi connectivity index (χ1) is 15.6. The molecule has 0 bridgehead atoms. The molecule has 32 heavy (non-hydrogen) atoms. The summed E-state index contributed by atoms with van der Waals surface area (Å²) in [7, 11) is 0. The van der Waals surface area contributed by atoms with Crippen LogP contribution < -0.4 is 5.32 Å². The Morgan fingerprint density at radius 1 is 1.00 bits per heavy atom. The van der Waals surface area contributed by atoms with Crippen molar-refractivity contribution in [2.45, 2.75) is 26.2 Å². The van der Waals surface area contributed by atoms with E-state index in [0.29, 0.717) is 28.3 Å². The van der Waals surface area contributed by atoms with Crippen molar-refractivity contribution >= 4 is 23.4 Å².